The predicted octanol–water partition coefficient (Wildman–Crippen LogP) is 4.24. The average molecular weight is 239 g/mol. The van der Waals surface area contributed by atoms with Crippen molar-refractivity contribution >= 4 is 5.71 Å². The van der Waals surface area contributed by atoms with Crippen molar-refractivity contribution in [1.29, 1.82) is 0 Å². The maximum atomic E-state index is 5.20. The van der Waals surface area contributed by atoms with Gasteiger partial charge in [-0.2, -0.15) is 0 Å². The van der Waals surface area contributed by atoms with Gasteiger partial charge in [0.1, 0.15) is 11.5 Å². The first kappa shape index (κ1) is 13.7. The molecule has 0 bridgehead atoms. The van der Waals surface area contributed by atoms with Gasteiger partial charge in [0.05, 0.1) is 6.26 Å². The third-order valence-corrected chi connectivity index (χ3v) is 2.10. The Bertz CT molecular complexity index is 495. The summed E-state index contributed by atoms with van der Waals surface area (Å²) in [7, 11) is 0. The molecule has 0 saturated carbocycles. The highest BCUT2D eigenvalue weighted by molar-refractivity contribution is 6.11. The fourth-order valence-corrected chi connectivity index (χ4v) is 1.30. The van der Waals surface area contributed by atoms with Crippen molar-refractivity contribution in [2.45, 2.75) is 6.92 Å². The topological polar surface area (TPSA) is 21.6 Å². The summed E-state index contributed by atoms with van der Waals surface area (Å²) < 4.78 is 5.20. The van der Waals surface area contributed by atoms with Crippen molar-refractivity contribution in [2.75, 3.05) is 0 Å². The maximum absolute atomic E-state index is 5.20. The summed E-state index contributed by atoms with van der Waals surface area (Å²) in [5.41, 5.74) is 2.55. The van der Waals surface area contributed by atoms with Crippen molar-refractivity contribution < 1.29 is 4.74 Å². The molecule has 0 aliphatic heterocycles. The maximum Gasteiger partial charge on any atom is 0.145 e. The van der Waals surface area contributed by atoms with E-state index >= 15 is 0 Å². The lowest BCUT2D eigenvalue weighted by Gasteiger charge is -2.07. The molecule has 0 aliphatic rings. The summed E-state index contributed by atoms with van der Waals surface area (Å²) in [6.45, 7) is 13.0. The van der Waals surface area contributed by atoms with Crippen LogP contribution >= 0.6 is 0 Å². The predicted molar refractivity (Wildman–Crippen MR) is 77.4 cm³/mol. The Kier molecular flexibility index (Phi) is 5.39. The molecule has 0 spiro atoms. The minimum atomic E-state index is 0.461. The van der Waals surface area contributed by atoms with Crippen LogP contribution in [0.4, 0.5) is 0 Å². The Labute approximate surface area is 108 Å². The third-order valence-electron chi connectivity index (χ3n) is 2.10. The van der Waals surface area contributed by atoms with Gasteiger partial charge < -0.3 is 4.74 Å². The summed E-state index contributed by atoms with van der Waals surface area (Å²) in [6.07, 6.45) is 4.84. The molecule has 1 aromatic carbocycles. The molecule has 2 nitrogen and oxygen atoms in total. The largest absolute Gasteiger partial charge is 0.464 e. The van der Waals surface area contributed by atoms with Gasteiger partial charge in [0, 0.05) is 11.8 Å². The molecule has 18 heavy (non-hydrogen) atoms. The highest BCUT2D eigenvalue weighted by atomic mass is 16.5. The van der Waals surface area contributed by atoms with E-state index in [0.717, 1.165) is 11.1 Å². The molecule has 0 aromatic heterocycles. The van der Waals surface area contributed by atoms with E-state index in [1.54, 1.807) is 6.20 Å². The van der Waals surface area contributed by atoms with Gasteiger partial charge in [0.15, 0.2) is 0 Å². The molecule has 2 heteroatoms. The Hall–Kier alpha value is -2.35. The lowest BCUT2D eigenvalue weighted by atomic mass is 10.1. The molecule has 0 saturated heterocycles. The monoisotopic (exact) mass is 239 g/mol. The summed E-state index contributed by atoms with van der Waals surface area (Å²) >= 11 is 0. The lowest BCUT2D eigenvalue weighted by molar-refractivity contribution is 0.381. The number of allylic oxidation sites excluding steroid dienone is 3. The number of rotatable bonds is 6. The molecular weight excluding hydrogens is 222 g/mol. The number of nitrogens with zero attached hydrogens (tertiary/aromatic N) is 1. The SMILES string of the molecule is C=COC(=C)C(=N/C=C\C(=C)C)c1ccccc1. The van der Waals surface area contributed by atoms with E-state index in [1.807, 2.05) is 43.3 Å². The molecule has 92 valence electrons. The van der Waals surface area contributed by atoms with Crippen LogP contribution in [0.5, 0.6) is 0 Å². The standard InChI is InChI=1S/C16H17NO/c1-5-18-14(4)16(17-12-11-13(2)3)15-9-7-6-8-10-15/h5-12H,1-2,4H2,3H3/b12-11-,17-16?. The zero-order chi connectivity index (χ0) is 13.4. The molecule has 1 rings (SSSR count). The van der Waals surface area contributed by atoms with Gasteiger partial charge >= 0.3 is 0 Å². The van der Waals surface area contributed by atoms with Crippen LogP contribution in [-0.4, -0.2) is 5.71 Å². The van der Waals surface area contributed by atoms with E-state index < -0.39 is 0 Å². The Balaban J connectivity index is 3.06. The van der Waals surface area contributed by atoms with Crippen molar-refractivity contribution in [1.82, 2.24) is 0 Å². The van der Waals surface area contributed by atoms with Crippen molar-refractivity contribution in [3.63, 3.8) is 0 Å². The first-order valence-corrected chi connectivity index (χ1v) is 5.57. The summed E-state index contributed by atoms with van der Waals surface area (Å²) in [4.78, 5) is 4.36. The normalized spacial score (nSPS) is 11.3. The van der Waals surface area contributed by atoms with Crippen LogP contribution in [0.15, 0.2) is 84.9 Å². The van der Waals surface area contributed by atoms with Gasteiger partial charge in [-0.1, -0.05) is 55.6 Å². The van der Waals surface area contributed by atoms with Gasteiger partial charge in [-0.05, 0) is 13.0 Å². The van der Waals surface area contributed by atoms with E-state index in [0.29, 0.717) is 11.5 Å². The quantitative estimate of drug-likeness (QED) is 0.413. The second-order valence-electron chi connectivity index (χ2n) is 3.71. The Morgan fingerprint density at radius 2 is 1.89 bits per heavy atom. The van der Waals surface area contributed by atoms with Crippen LogP contribution in [0, 0.1) is 0 Å². The van der Waals surface area contributed by atoms with Gasteiger partial charge in [0.25, 0.3) is 0 Å². The summed E-state index contributed by atoms with van der Waals surface area (Å²) in [6, 6.07) is 9.72. The zero-order valence-electron chi connectivity index (χ0n) is 10.6. The fraction of sp³-hybridized carbons (Fsp3) is 0.0625. The van der Waals surface area contributed by atoms with E-state index in [9.17, 15) is 0 Å². The second kappa shape index (κ2) is 7.07. The number of aliphatic imine (C=N–C) groups is 1. The molecule has 0 unspecified atom stereocenters. The van der Waals surface area contributed by atoms with Crippen LogP contribution in [0.2, 0.25) is 0 Å². The van der Waals surface area contributed by atoms with Crippen molar-refractivity contribution in [2.24, 2.45) is 4.99 Å². The molecule has 0 fully saturated rings. The van der Waals surface area contributed by atoms with E-state index in [2.05, 4.69) is 24.7 Å². The molecule has 0 radical (unpaired) electrons. The minimum absolute atomic E-state index is 0.461. The first-order valence-electron chi connectivity index (χ1n) is 5.57. The molecule has 0 heterocycles. The number of benzene rings is 1. The third kappa shape index (κ3) is 4.26. The van der Waals surface area contributed by atoms with E-state index in [4.69, 9.17) is 4.74 Å². The van der Waals surface area contributed by atoms with Crippen molar-refractivity contribution in [3.05, 3.63) is 85.5 Å². The number of hydrogen-bond acceptors (Lipinski definition) is 2. The summed E-state index contributed by atoms with van der Waals surface area (Å²) in [5.74, 6) is 0.461. The number of ether oxygens (including phenoxy) is 1. The highest BCUT2D eigenvalue weighted by Crippen LogP contribution is 2.10. The Morgan fingerprint density at radius 3 is 2.44 bits per heavy atom. The van der Waals surface area contributed by atoms with Crippen LogP contribution in [0.25, 0.3) is 0 Å². The molecule has 0 atom stereocenters. The number of hydrogen-bond donors (Lipinski definition) is 0. The van der Waals surface area contributed by atoms with Crippen LogP contribution in [0.1, 0.15) is 12.5 Å². The van der Waals surface area contributed by atoms with Gasteiger partial charge in [-0.15, -0.1) is 0 Å². The average Bonchev–Trinajstić information content (AvgIpc) is 2.35. The van der Waals surface area contributed by atoms with Gasteiger partial charge in [-0.3, -0.25) is 4.99 Å². The molecule has 1 aromatic rings. The van der Waals surface area contributed by atoms with Gasteiger partial charge in [-0.25, -0.2) is 0 Å². The summed E-state index contributed by atoms with van der Waals surface area (Å²) in [5, 5.41) is 0. The molecular formula is C16H17NO. The Morgan fingerprint density at radius 1 is 1.22 bits per heavy atom. The zero-order valence-corrected chi connectivity index (χ0v) is 10.6. The molecule has 0 amide bonds. The van der Waals surface area contributed by atoms with Crippen molar-refractivity contribution in [3.8, 4) is 0 Å². The fourth-order valence-electron chi connectivity index (χ4n) is 1.30. The lowest BCUT2D eigenvalue weighted by Crippen LogP contribution is -2.04. The second-order valence-corrected chi connectivity index (χ2v) is 3.71. The minimum Gasteiger partial charge on any atom is -0.464 e. The van der Waals surface area contributed by atoms with Crippen LogP contribution < -0.4 is 0 Å². The van der Waals surface area contributed by atoms with Crippen LogP contribution in [-0.2, 0) is 4.74 Å². The van der Waals surface area contributed by atoms with E-state index in [-0.39, 0.29) is 0 Å². The van der Waals surface area contributed by atoms with E-state index in [1.165, 1.54) is 6.26 Å². The smallest absolute Gasteiger partial charge is 0.145 e. The first-order chi connectivity index (χ1) is 8.65. The van der Waals surface area contributed by atoms with Crippen LogP contribution in [0.3, 0.4) is 0 Å². The van der Waals surface area contributed by atoms with Gasteiger partial charge in [0.2, 0.25) is 0 Å². The highest BCUT2D eigenvalue weighted by Gasteiger charge is 2.07. The molecule has 0 N–H and O–H groups in total. The molecule has 0 aliphatic carbocycles.